The summed E-state index contributed by atoms with van der Waals surface area (Å²) in [5.41, 5.74) is 1.97. The van der Waals surface area contributed by atoms with E-state index in [9.17, 15) is 4.79 Å². The van der Waals surface area contributed by atoms with Crippen LogP contribution >= 0.6 is 11.6 Å². The van der Waals surface area contributed by atoms with E-state index in [-0.39, 0.29) is 5.91 Å². The number of nitrogens with one attached hydrogen (secondary N) is 2. The van der Waals surface area contributed by atoms with E-state index in [0.717, 1.165) is 11.0 Å². The Bertz CT molecular complexity index is 1060. The largest absolute Gasteiger partial charge is 0.456 e. The number of aromatic amines is 1. The third kappa shape index (κ3) is 3.50. The molecule has 0 unspecified atom stereocenters. The lowest BCUT2D eigenvalue weighted by Gasteiger charge is -2.06. The first-order valence-corrected chi connectivity index (χ1v) is 8.20. The van der Waals surface area contributed by atoms with Gasteiger partial charge in [-0.15, -0.1) is 0 Å². The molecule has 2 heterocycles. The molecular formula is C19H13ClN4O2. The Morgan fingerprint density at radius 1 is 1.08 bits per heavy atom. The van der Waals surface area contributed by atoms with Gasteiger partial charge >= 0.3 is 0 Å². The average Bonchev–Trinajstić information content (AvgIpc) is 3.04. The number of anilines is 1. The lowest BCUT2D eigenvalue weighted by molar-refractivity contribution is 0.102. The zero-order chi connectivity index (χ0) is 17.9. The Kier molecular flexibility index (Phi) is 4.25. The predicted molar refractivity (Wildman–Crippen MR) is 99.8 cm³/mol. The van der Waals surface area contributed by atoms with Crippen LogP contribution in [0.25, 0.3) is 11.0 Å². The van der Waals surface area contributed by atoms with Crippen LogP contribution in [0.1, 0.15) is 10.4 Å². The number of carbonyl (C=O) groups is 1. The summed E-state index contributed by atoms with van der Waals surface area (Å²) in [5, 5.41) is 3.34. The SMILES string of the molecule is O=C(Nc1nc2ccc(Cl)cc2[nH]1)c1ccc(Oc2cccnc2)cc1. The standard InChI is InChI=1S/C19H13ClN4O2/c20-13-5-8-16-17(10-13)23-19(22-16)24-18(25)12-3-6-14(7-4-12)26-15-2-1-9-21-11-15/h1-11H,(H2,22,23,24,25). The van der Waals surface area contributed by atoms with Crippen LogP contribution in [0, 0.1) is 0 Å². The Morgan fingerprint density at radius 2 is 1.92 bits per heavy atom. The van der Waals surface area contributed by atoms with Crippen LogP contribution in [0.3, 0.4) is 0 Å². The molecule has 0 atom stereocenters. The first-order valence-electron chi connectivity index (χ1n) is 7.82. The van der Waals surface area contributed by atoms with Gasteiger partial charge in [-0.25, -0.2) is 4.98 Å². The molecule has 0 fully saturated rings. The molecule has 2 aromatic carbocycles. The topological polar surface area (TPSA) is 79.9 Å². The van der Waals surface area contributed by atoms with Crippen molar-refractivity contribution in [2.24, 2.45) is 0 Å². The molecule has 0 radical (unpaired) electrons. The second-order valence-electron chi connectivity index (χ2n) is 5.52. The number of carbonyl (C=O) groups excluding carboxylic acids is 1. The van der Waals surface area contributed by atoms with Gasteiger partial charge in [-0.2, -0.15) is 0 Å². The van der Waals surface area contributed by atoms with Crippen molar-refractivity contribution in [1.82, 2.24) is 15.0 Å². The minimum atomic E-state index is -0.275. The predicted octanol–water partition coefficient (Wildman–Crippen LogP) is 4.66. The molecule has 0 aliphatic carbocycles. The summed E-state index contributed by atoms with van der Waals surface area (Å²) in [6.07, 6.45) is 3.29. The number of amides is 1. The second kappa shape index (κ2) is 6.85. The third-order valence-electron chi connectivity index (χ3n) is 3.66. The van der Waals surface area contributed by atoms with E-state index < -0.39 is 0 Å². The van der Waals surface area contributed by atoms with E-state index in [0.29, 0.717) is 28.0 Å². The Labute approximate surface area is 153 Å². The number of benzene rings is 2. The number of rotatable bonds is 4. The fourth-order valence-electron chi connectivity index (χ4n) is 2.44. The molecule has 1 amide bonds. The van der Waals surface area contributed by atoms with Gasteiger partial charge in [0.15, 0.2) is 0 Å². The monoisotopic (exact) mass is 364 g/mol. The second-order valence-corrected chi connectivity index (χ2v) is 5.95. The van der Waals surface area contributed by atoms with Crippen LogP contribution in [-0.2, 0) is 0 Å². The quantitative estimate of drug-likeness (QED) is 0.552. The van der Waals surface area contributed by atoms with Gasteiger partial charge in [0.1, 0.15) is 11.5 Å². The first kappa shape index (κ1) is 16.1. The van der Waals surface area contributed by atoms with Crippen molar-refractivity contribution in [2.45, 2.75) is 0 Å². The summed E-state index contributed by atoms with van der Waals surface area (Å²) in [4.78, 5) is 23.7. The van der Waals surface area contributed by atoms with Crippen LogP contribution in [-0.4, -0.2) is 20.9 Å². The summed E-state index contributed by atoms with van der Waals surface area (Å²) in [7, 11) is 0. The van der Waals surface area contributed by atoms with Crippen LogP contribution in [0.15, 0.2) is 67.0 Å². The number of hydrogen-bond donors (Lipinski definition) is 2. The van der Waals surface area contributed by atoms with E-state index in [4.69, 9.17) is 16.3 Å². The summed E-state index contributed by atoms with van der Waals surface area (Å²) < 4.78 is 5.66. The number of nitrogens with zero attached hydrogens (tertiary/aromatic N) is 2. The molecule has 7 heteroatoms. The molecule has 2 N–H and O–H groups in total. The van der Waals surface area contributed by atoms with Gasteiger partial charge in [0.05, 0.1) is 17.2 Å². The maximum absolute atomic E-state index is 12.4. The number of ether oxygens (including phenoxy) is 1. The van der Waals surface area contributed by atoms with E-state index >= 15 is 0 Å². The molecule has 0 aliphatic rings. The molecule has 0 saturated heterocycles. The van der Waals surface area contributed by atoms with Crippen LogP contribution < -0.4 is 10.1 Å². The number of halogens is 1. The Balaban J connectivity index is 1.47. The lowest BCUT2D eigenvalue weighted by atomic mass is 10.2. The average molecular weight is 365 g/mol. The van der Waals surface area contributed by atoms with Gasteiger partial charge in [0.2, 0.25) is 5.95 Å². The fraction of sp³-hybridized carbons (Fsp3) is 0. The summed E-state index contributed by atoms with van der Waals surface area (Å²) >= 11 is 5.95. The molecule has 6 nitrogen and oxygen atoms in total. The van der Waals surface area contributed by atoms with E-state index in [1.807, 2.05) is 0 Å². The molecule has 0 aliphatic heterocycles. The molecule has 4 rings (SSSR count). The highest BCUT2D eigenvalue weighted by molar-refractivity contribution is 6.31. The molecule has 0 saturated carbocycles. The molecule has 0 spiro atoms. The van der Waals surface area contributed by atoms with Crippen molar-refractivity contribution < 1.29 is 9.53 Å². The maximum Gasteiger partial charge on any atom is 0.257 e. The number of fused-ring (bicyclic) bond motifs is 1. The van der Waals surface area contributed by atoms with Gasteiger partial charge in [-0.1, -0.05) is 11.6 Å². The number of aromatic nitrogens is 3. The highest BCUT2D eigenvalue weighted by atomic mass is 35.5. The summed E-state index contributed by atoms with van der Waals surface area (Å²) in [6, 6.07) is 15.7. The van der Waals surface area contributed by atoms with Crippen molar-refractivity contribution in [1.29, 1.82) is 0 Å². The van der Waals surface area contributed by atoms with Crippen molar-refractivity contribution in [3.8, 4) is 11.5 Å². The number of pyridine rings is 1. The van der Waals surface area contributed by atoms with Crippen LogP contribution in [0.5, 0.6) is 11.5 Å². The zero-order valence-corrected chi connectivity index (χ0v) is 14.2. The molecule has 0 bridgehead atoms. The van der Waals surface area contributed by atoms with Gasteiger partial charge < -0.3 is 9.72 Å². The lowest BCUT2D eigenvalue weighted by Crippen LogP contribution is -2.12. The van der Waals surface area contributed by atoms with Gasteiger partial charge in [0.25, 0.3) is 5.91 Å². The smallest absolute Gasteiger partial charge is 0.257 e. The third-order valence-corrected chi connectivity index (χ3v) is 3.90. The van der Waals surface area contributed by atoms with Crippen molar-refractivity contribution in [2.75, 3.05) is 5.32 Å². The highest BCUT2D eigenvalue weighted by Gasteiger charge is 2.10. The fourth-order valence-corrected chi connectivity index (χ4v) is 2.61. The van der Waals surface area contributed by atoms with Gasteiger partial charge in [0, 0.05) is 16.8 Å². The van der Waals surface area contributed by atoms with E-state index in [2.05, 4.69) is 20.3 Å². The van der Waals surface area contributed by atoms with E-state index in [1.165, 1.54) is 0 Å². The van der Waals surface area contributed by atoms with Crippen LogP contribution in [0.4, 0.5) is 5.95 Å². The number of imidazole rings is 1. The van der Waals surface area contributed by atoms with Crippen LogP contribution in [0.2, 0.25) is 5.02 Å². The van der Waals surface area contributed by atoms with Crippen molar-refractivity contribution >= 4 is 34.5 Å². The minimum absolute atomic E-state index is 0.275. The Morgan fingerprint density at radius 3 is 2.69 bits per heavy atom. The number of H-pyrrole nitrogens is 1. The van der Waals surface area contributed by atoms with E-state index in [1.54, 1.807) is 67.0 Å². The van der Waals surface area contributed by atoms with Gasteiger partial charge in [-0.05, 0) is 54.6 Å². The zero-order valence-electron chi connectivity index (χ0n) is 13.4. The summed E-state index contributed by atoms with van der Waals surface area (Å²) in [5.74, 6) is 1.34. The van der Waals surface area contributed by atoms with Gasteiger partial charge in [-0.3, -0.25) is 15.1 Å². The molecule has 4 aromatic rings. The van der Waals surface area contributed by atoms with Crippen molar-refractivity contribution in [3.05, 3.63) is 77.6 Å². The Hall–Kier alpha value is -3.38. The maximum atomic E-state index is 12.4. The number of hydrogen-bond acceptors (Lipinski definition) is 4. The summed E-state index contributed by atoms with van der Waals surface area (Å²) in [6.45, 7) is 0. The molecule has 2 aromatic heterocycles. The molecule has 128 valence electrons. The highest BCUT2D eigenvalue weighted by Crippen LogP contribution is 2.22. The molecule has 26 heavy (non-hydrogen) atoms. The van der Waals surface area contributed by atoms with Crippen molar-refractivity contribution in [3.63, 3.8) is 0 Å². The minimum Gasteiger partial charge on any atom is -0.456 e. The molecular weight excluding hydrogens is 352 g/mol. The first-order chi connectivity index (χ1) is 12.7. The normalized spacial score (nSPS) is 10.7.